The van der Waals surface area contributed by atoms with Crippen molar-refractivity contribution in [2.45, 2.75) is 0 Å². The van der Waals surface area contributed by atoms with E-state index in [1.54, 1.807) is 6.08 Å². The zero-order valence-electron chi connectivity index (χ0n) is 9.95. The number of allylic oxidation sites excluding steroid dienone is 10. The van der Waals surface area contributed by atoms with Gasteiger partial charge in [-0.05, 0) is 22.8 Å². The third kappa shape index (κ3) is 3.20. The van der Waals surface area contributed by atoms with Crippen LogP contribution in [-0.2, 0) is 0 Å². The molecule has 1 heteroatoms. The summed E-state index contributed by atoms with van der Waals surface area (Å²) >= 11 is 0. The van der Waals surface area contributed by atoms with Crippen molar-refractivity contribution in [1.82, 2.24) is 0 Å². The minimum atomic E-state index is 0.921. The molecule has 86 valence electrons. The van der Waals surface area contributed by atoms with Gasteiger partial charge in [-0.3, -0.25) is 0 Å². The lowest BCUT2D eigenvalue weighted by Gasteiger charge is -2.02. The molecular formula is C17H13N. The highest BCUT2D eigenvalue weighted by Gasteiger charge is 1.98. The van der Waals surface area contributed by atoms with Crippen LogP contribution in [0, 0.1) is 11.3 Å². The van der Waals surface area contributed by atoms with Crippen molar-refractivity contribution < 1.29 is 0 Å². The van der Waals surface area contributed by atoms with Gasteiger partial charge in [-0.15, -0.1) is 0 Å². The Kier molecular flexibility index (Phi) is 4.11. The van der Waals surface area contributed by atoms with Crippen molar-refractivity contribution in [3.05, 3.63) is 90.1 Å². The lowest BCUT2D eigenvalue weighted by Crippen LogP contribution is -1.82. The number of nitrogens with zero attached hydrogens (tertiary/aromatic N) is 1. The third-order valence-corrected chi connectivity index (χ3v) is 2.56. The van der Waals surface area contributed by atoms with E-state index < -0.39 is 0 Å². The fourth-order valence-electron chi connectivity index (χ4n) is 1.70. The Morgan fingerprint density at radius 3 is 2.22 bits per heavy atom. The summed E-state index contributed by atoms with van der Waals surface area (Å²) in [6.45, 7) is 0. The summed E-state index contributed by atoms with van der Waals surface area (Å²) in [6, 6.07) is 12.0. The molecule has 1 aliphatic carbocycles. The molecule has 0 aliphatic heterocycles. The summed E-state index contributed by atoms with van der Waals surface area (Å²) in [6.07, 6.45) is 15.6. The number of rotatable bonds is 2. The molecule has 0 radical (unpaired) electrons. The smallest absolute Gasteiger partial charge is 0.0918 e. The van der Waals surface area contributed by atoms with Crippen LogP contribution in [-0.4, -0.2) is 0 Å². The predicted octanol–water partition coefficient (Wildman–Crippen LogP) is 4.20. The molecule has 0 saturated carbocycles. The average molecular weight is 231 g/mol. The Bertz CT molecular complexity index is 572. The molecule has 1 aromatic rings. The van der Waals surface area contributed by atoms with E-state index in [9.17, 15) is 0 Å². The molecule has 0 heterocycles. The first kappa shape index (κ1) is 11.9. The van der Waals surface area contributed by atoms with E-state index >= 15 is 0 Å². The summed E-state index contributed by atoms with van der Waals surface area (Å²) in [5.74, 6) is 0. The molecule has 0 unspecified atom stereocenters. The van der Waals surface area contributed by atoms with Crippen molar-refractivity contribution in [2.24, 2.45) is 0 Å². The van der Waals surface area contributed by atoms with Gasteiger partial charge in [0.2, 0.25) is 0 Å². The Morgan fingerprint density at radius 2 is 1.61 bits per heavy atom. The standard InChI is InChI=1S/C17H13N/c18-13-12-17(16-10-6-3-7-11-16)14-15-8-4-1-2-5-9-15/h1-12,14H/b17-12-. The summed E-state index contributed by atoms with van der Waals surface area (Å²) < 4.78 is 0. The lowest BCUT2D eigenvalue weighted by molar-refractivity contribution is 1.53. The summed E-state index contributed by atoms with van der Waals surface area (Å²) in [7, 11) is 0. The first-order valence-corrected chi connectivity index (χ1v) is 5.78. The zero-order valence-corrected chi connectivity index (χ0v) is 9.95. The van der Waals surface area contributed by atoms with Crippen LogP contribution in [0.1, 0.15) is 5.56 Å². The maximum atomic E-state index is 8.88. The molecule has 0 fully saturated rings. The van der Waals surface area contributed by atoms with Crippen LogP contribution in [0.2, 0.25) is 0 Å². The molecule has 1 aromatic carbocycles. The van der Waals surface area contributed by atoms with Crippen LogP contribution in [0.4, 0.5) is 0 Å². The van der Waals surface area contributed by atoms with Crippen molar-refractivity contribution in [3.63, 3.8) is 0 Å². The second-order valence-corrected chi connectivity index (χ2v) is 3.84. The normalized spacial score (nSPS) is 14.2. The first-order chi connectivity index (χ1) is 8.90. The molecule has 0 N–H and O–H groups in total. The molecule has 1 nitrogen and oxygen atoms in total. The van der Waals surface area contributed by atoms with Crippen molar-refractivity contribution in [1.29, 1.82) is 5.26 Å². The Labute approximate surface area is 107 Å². The maximum absolute atomic E-state index is 8.88. The highest BCUT2D eigenvalue weighted by atomic mass is 14.2. The summed E-state index contributed by atoms with van der Waals surface area (Å²) in [5.41, 5.74) is 3.04. The van der Waals surface area contributed by atoms with E-state index in [-0.39, 0.29) is 0 Å². The molecule has 0 aromatic heterocycles. The van der Waals surface area contributed by atoms with Gasteiger partial charge in [0.15, 0.2) is 0 Å². The minimum absolute atomic E-state index is 0.921. The Hall–Kier alpha value is -2.59. The highest BCUT2D eigenvalue weighted by Crippen LogP contribution is 2.18. The quantitative estimate of drug-likeness (QED) is 0.700. The SMILES string of the molecule is N#C/C=C(/C=C1C=CC=CC=C1)c1ccccc1. The van der Waals surface area contributed by atoms with Gasteiger partial charge in [0.25, 0.3) is 0 Å². The molecule has 0 amide bonds. The molecule has 0 spiro atoms. The minimum Gasteiger partial charge on any atom is -0.193 e. The van der Waals surface area contributed by atoms with Gasteiger partial charge in [0.05, 0.1) is 6.07 Å². The molecule has 0 saturated heterocycles. The van der Waals surface area contributed by atoms with E-state index in [2.05, 4.69) is 6.07 Å². The van der Waals surface area contributed by atoms with Crippen LogP contribution in [0.3, 0.4) is 0 Å². The molecule has 0 bridgehead atoms. The van der Waals surface area contributed by atoms with Crippen LogP contribution < -0.4 is 0 Å². The predicted molar refractivity (Wildman–Crippen MR) is 75.5 cm³/mol. The second-order valence-electron chi connectivity index (χ2n) is 3.84. The van der Waals surface area contributed by atoms with Gasteiger partial charge >= 0.3 is 0 Å². The van der Waals surface area contributed by atoms with Gasteiger partial charge < -0.3 is 0 Å². The van der Waals surface area contributed by atoms with E-state index in [4.69, 9.17) is 5.26 Å². The number of benzene rings is 1. The highest BCUT2D eigenvalue weighted by molar-refractivity contribution is 5.77. The summed E-state index contributed by atoms with van der Waals surface area (Å²) in [5, 5.41) is 8.88. The molecule has 1 aliphatic rings. The van der Waals surface area contributed by atoms with E-state index in [1.807, 2.05) is 72.9 Å². The van der Waals surface area contributed by atoms with Crippen LogP contribution >= 0.6 is 0 Å². The maximum Gasteiger partial charge on any atom is 0.0918 e. The molecule has 18 heavy (non-hydrogen) atoms. The zero-order chi connectivity index (χ0) is 12.6. The van der Waals surface area contributed by atoms with Crippen LogP contribution in [0.25, 0.3) is 5.57 Å². The number of hydrogen-bond acceptors (Lipinski definition) is 1. The fourth-order valence-corrected chi connectivity index (χ4v) is 1.70. The summed E-state index contributed by atoms with van der Waals surface area (Å²) in [4.78, 5) is 0. The monoisotopic (exact) mass is 231 g/mol. The van der Waals surface area contributed by atoms with E-state index in [0.717, 1.165) is 16.7 Å². The average Bonchev–Trinajstić information content (AvgIpc) is 2.68. The van der Waals surface area contributed by atoms with Gasteiger partial charge in [-0.1, -0.05) is 66.8 Å². The first-order valence-electron chi connectivity index (χ1n) is 5.78. The van der Waals surface area contributed by atoms with Gasteiger partial charge in [-0.2, -0.15) is 5.26 Å². The Balaban J connectivity index is 2.37. The fraction of sp³-hybridized carbons (Fsp3) is 0. The Morgan fingerprint density at radius 1 is 0.944 bits per heavy atom. The van der Waals surface area contributed by atoms with E-state index in [0.29, 0.717) is 0 Å². The molecule has 0 atom stereocenters. The molecule has 2 rings (SSSR count). The van der Waals surface area contributed by atoms with Crippen molar-refractivity contribution in [3.8, 4) is 6.07 Å². The van der Waals surface area contributed by atoms with Gasteiger partial charge in [-0.25, -0.2) is 0 Å². The molecular weight excluding hydrogens is 218 g/mol. The largest absolute Gasteiger partial charge is 0.193 e. The van der Waals surface area contributed by atoms with Crippen molar-refractivity contribution in [2.75, 3.05) is 0 Å². The van der Waals surface area contributed by atoms with Gasteiger partial charge in [0, 0.05) is 6.08 Å². The topological polar surface area (TPSA) is 23.8 Å². The number of nitriles is 1. The second kappa shape index (κ2) is 6.22. The van der Waals surface area contributed by atoms with Gasteiger partial charge in [0.1, 0.15) is 0 Å². The van der Waals surface area contributed by atoms with E-state index in [1.165, 1.54) is 0 Å². The number of hydrogen-bond donors (Lipinski definition) is 0. The third-order valence-electron chi connectivity index (χ3n) is 2.56. The van der Waals surface area contributed by atoms with Crippen LogP contribution in [0.15, 0.2) is 84.5 Å². The lowest BCUT2D eigenvalue weighted by atomic mass is 10.0. The van der Waals surface area contributed by atoms with Crippen LogP contribution in [0.5, 0.6) is 0 Å². The van der Waals surface area contributed by atoms with Crippen molar-refractivity contribution >= 4 is 5.57 Å².